The van der Waals surface area contributed by atoms with Crippen molar-refractivity contribution >= 4 is 31.5 Å². The van der Waals surface area contributed by atoms with Gasteiger partial charge in [0.1, 0.15) is 0 Å². The highest BCUT2D eigenvalue weighted by Crippen LogP contribution is 2.38. The number of carbonyl (C=O) groups is 1. The van der Waals surface area contributed by atoms with Gasteiger partial charge in [-0.05, 0) is 43.0 Å². The molecule has 36 heavy (non-hydrogen) atoms. The van der Waals surface area contributed by atoms with Gasteiger partial charge in [-0.15, -0.1) is 0 Å². The summed E-state index contributed by atoms with van der Waals surface area (Å²) in [6.45, 7) is 3.69. The number of carbonyl (C=O) groups excluding carboxylic acids is 1. The van der Waals surface area contributed by atoms with Crippen LogP contribution in [0.4, 0.5) is 18.9 Å². The van der Waals surface area contributed by atoms with E-state index in [2.05, 4.69) is 0 Å². The van der Waals surface area contributed by atoms with Crippen molar-refractivity contribution in [2.75, 3.05) is 30.2 Å². The Kier molecular flexibility index (Phi) is 8.21. The number of sulfonamides is 2. The summed E-state index contributed by atoms with van der Waals surface area (Å²) < 4.78 is 93.3. The molecular weight excluding hydrogens is 517 g/mol. The Bertz CT molecular complexity index is 1300. The maximum absolute atomic E-state index is 13.6. The first-order valence-corrected chi connectivity index (χ1v) is 14.7. The summed E-state index contributed by atoms with van der Waals surface area (Å²) in [7, 11) is -7.71. The minimum Gasteiger partial charge on any atom is -0.294 e. The molecule has 0 spiro atoms. The van der Waals surface area contributed by atoms with Crippen LogP contribution >= 0.6 is 0 Å². The molecule has 2 aromatic carbocycles. The Balaban J connectivity index is 1.88. The summed E-state index contributed by atoms with van der Waals surface area (Å²) in [4.78, 5) is 12.7. The summed E-state index contributed by atoms with van der Waals surface area (Å²) in [5, 5.41) is 0. The molecular formula is C24H29F3N2O5S2. The largest absolute Gasteiger partial charge is 0.418 e. The van der Waals surface area contributed by atoms with Crippen molar-refractivity contribution in [1.29, 1.82) is 0 Å². The van der Waals surface area contributed by atoms with Crippen molar-refractivity contribution in [2.45, 2.75) is 37.8 Å². The van der Waals surface area contributed by atoms with E-state index in [-0.39, 0.29) is 41.8 Å². The smallest absolute Gasteiger partial charge is 0.294 e. The van der Waals surface area contributed by atoms with Crippen LogP contribution in [-0.4, -0.2) is 52.8 Å². The first kappa shape index (κ1) is 28.1. The molecule has 1 fully saturated rings. The number of piperidine rings is 1. The highest BCUT2D eigenvalue weighted by molar-refractivity contribution is 7.92. The Hall–Kier alpha value is -2.44. The van der Waals surface area contributed by atoms with E-state index in [1.165, 1.54) is 40.7 Å². The van der Waals surface area contributed by atoms with Gasteiger partial charge in [0.15, 0.2) is 5.78 Å². The van der Waals surface area contributed by atoms with Crippen LogP contribution < -0.4 is 4.31 Å². The number of benzene rings is 2. The molecule has 0 N–H and O–H groups in total. The molecule has 0 aromatic heterocycles. The normalized spacial score (nSPS) is 16.3. The molecule has 1 saturated heterocycles. The summed E-state index contributed by atoms with van der Waals surface area (Å²) in [5.74, 6) is -0.894. The molecule has 0 atom stereocenters. The molecule has 0 unspecified atom stereocenters. The first-order chi connectivity index (χ1) is 16.6. The number of ketones is 1. The van der Waals surface area contributed by atoms with Crippen LogP contribution in [0.2, 0.25) is 0 Å². The molecule has 1 heterocycles. The molecule has 1 aliphatic rings. The van der Waals surface area contributed by atoms with Crippen LogP contribution in [0.25, 0.3) is 0 Å². The molecule has 0 amide bonds. The molecule has 12 heteroatoms. The van der Waals surface area contributed by atoms with Crippen LogP contribution in [0.3, 0.4) is 0 Å². The lowest BCUT2D eigenvalue weighted by molar-refractivity contribution is -0.137. The van der Waals surface area contributed by atoms with E-state index < -0.39 is 43.4 Å². The van der Waals surface area contributed by atoms with Crippen LogP contribution in [0.5, 0.6) is 0 Å². The topological polar surface area (TPSA) is 91.8 Å². The summed E-state index contributed by atoms with van der Waals surface area (Å²) >= 11 is 0. The highest BCUT2D eigenvalue weighted by Gasteiger charge is 2.38. The third-order valence-electron chi connectivity index (χ3n) is 6.03. The minimum atomic E-state index is -4.75. The zero-order valence-corrected chi connectivity index (χ0v) is 21.8. The third-order valence-corrected chi connectivity index (χ3v) is 9.13. The standard InChI is InChI=1S/C24H29F3N2O5S2/c1-17(2)16-29(22-7-5-4-6-21(22)24(25,26)27)36(33,34)20-10-8-18(9-11-20)23(30)19-12-14-28(15-13-19)35(3,31)32/h4-11,17,19H,12-16H2,1-3H3. The fraction of sp³-hybridized carbons (Fsp3) is 0.458. The van der Waals surface area contributed by atoms with Crippen molar-refractivity contribution in [3.8, 4) is 0 Å². The van der Waals surface area contributed by atoms with E-state index in [1.54, 1.807) is 13.8 Å². The van der Waals surface area contributed by atoms with E-state index in [0.29, 0.717) is 12.8 Å². The van der Waals surface area contributed by atoms with Gasteiger partial charge in [0, 0.05) is 31.1 Å². The van der Waals surface area contributed by atoms with Crippen LogP contribution in [-0.2, 0) is 26.2 Å². The predicted octanol–water partition coefficient (Wildman–Crippen LogP) is 4.41. The Morgan fingerprint density at radius 1 is 1.00 bits per heavy atom. The SMILES string of the molecule is CC(C)CN(c1ccccc1C(F)(F)F)S(=O)(=O)c1ccc(C(=O)C2CCN(S(C)(=O)=O)CC2)cc1. The summed E-state index contributed by atoms with van der Waals surface area (Å²) in [6.07, 6.45) is -2.93. The van der Waals surface area contributed by atoms with Crippen molar-refractivity contribution in [1.82, 2.24) is 4.31 Å². The van der Waals surface area contributed by atoms with Crippen molar-refractivity contribution in [3.05, 3.63) is 59.7 Å². The number of anilines is 1. The molecule has 2 aromatic rings. The van der Waals surface area contributed by atoms with Gasteiger partial charge in [0.25, 0.3) is 10.0 Å². The number of nitrogens with zero attached hydrogens (tertiary/aromatic N) is 2. The van der Waals surface area contributed by atoms with E-state index in [1.807, 2.05) is 0 Å². The van der Waals surface area contributed by atoms with E-state index in [0.717, 1.165) is 22.7 Å². The minimum absolute atomic E-state index is 0.172. The third kappa shape index (κ3) is 6.27. The number of alkyl halides is 3. The van der Waals surface area contributed by atoms with Gasteiger partial charge in [0.2, 0.25) is 10.0 Å². The van der Waals surface area contributed by atoms with Gasteiger partial charge in [-0.25, -0.2) is 21.1 Å². The average Bonchev–Trinajstić information content (AvgIpc) is 2.81. The Morgan fingerprint density at radius 3 is 2.06 bits per heavy atom. The van der Waals surface area contributed by atoms with Gasteiger partial charge in [-0.3, -0.25) is 9.10 Å². The van der Waals surface area contributed by atoms with E-state index >= 15 is 0 Å². The lowest BCUT2D eigenvalue weighted by Gasteiger charge is -2.29. The zero-order chi connectivity index (χ0) is 26.9. The van der Waals surface area contributed by atoms with Crippen LogP contribution in [0, 0.1) is 11.8 Å². The van der Waals surface area contributed by atoms with Gasteiger partial charge in [-0.1, -0.05) is 38.1 Å². The van der Waals surface area contributed by atoms with Crippen molar-refractivity contribution < 1.29 is 34.8 Å². The fourth-order valence-corrected chi connectivity index (χ4v) is 6.71. The van der Waals surface area contributed by atoms with Gasteiger partial charge in [-0.2, -0.15) is 13.2 Å². The number of rotatable bonds is 8. The quantitative estimate of drug-likeness (QED) is 0.458. The number of halogens is 3. The average molecular weight is 547 g/mol. The number of hydrogen-bond donors (Lipinski definition) is 0. The van der Waals surface area contributed by atoms with Gasteiger partial charge < -0.3 is 0 Å². The molecule has 7 nitrogen and oxygen atoms in total. The maximum atomic E-state index is 13.6. The highest BCUT2D eigenvalue weighted by atomic mass is 32.2. The molecule has 0 radical (unpaired) electrons. The van der Waals surface area contributed by atoms with Crippen molar-refractivity contribution in [2.24, 2.45) is 11.8 Å². The van der Waals surface area contributed by atoms with Crippen molar-refractivity contribution in [3.63, 3.8) is 0 Å². The molecule has 1 aliphatic heterocycles. The summed E-state index contributed by atoms with van der Waals surface area (Å²) in [6, 6.07) is 9.66. The first-order valence-electron chi connectivity index (χ1n) is 11.4. The van der Waals surface area contributed by atoms with Gasteiger partial charge in [0.05, 0.1) is 22.4 Å². The van der Waals surface area contributed by atoms with Crippen LogP contribution in [0.1, 0.15) is 42.6 Å². The second-order valence-corrected chi connectivity index (χ2v) is 13.1. The Labute approximate surface area is 210 Å². The zero-order valence-electron chi connectivity index (χ0n) is 20.2. The lowest BCUT2D eigenvalue weighted by Crippen LogP contribution is -2.39. The molecule has 0 saturated carbocycles. The van der Waals surface area contributed by atoms with E-state index in [9.17, 15) is 34.8 Å². The number of Topliss-reactive ketones (excluding diaryl/α,β-unsaturated/α-hetero) is 1. The monoisotopic (exact) mass is 546 g/mol. The maximum Gasteiger partial charge on any atom is 0.418 e. The molecule has 0 bridgehead atoms. The van der Waals surface area contributed by atoms with Gasteiger partial charge >= 0.3 is 6.18 Å². The molecule has 0 aliphatic carbocycles. The number of para-hydroxylation sites is 1. The second-order valence-electron chi connectivity index (χ2n) is 9.27. The second kappa shape index (κ2) is 10.5. The molecule has 198 valence electrons. The predicted molar refractivity (Wildman–Crippen MR) is 131 cm³/mol. The fourth-order valence-electron chi connectivity index (χ4n) is 4.19. The number of hydrogen-bond acceptors (Lipinski definition) is 5. The van der Waals surface area contributed by atoms with E-state index in [4.69, 9.17) is 0 Å². The lowest BCUT2D eigenvalue weighted by atomic mass is 9.90. The summed E-state index contributed by atoms with van der Waals surface area (Å²) in [5.41, 5.74) is -1.25. The molecule has 3 rings (SSSR count). The Morgan fingerprint density at radius 2 is 1.56 bits per heavy atom. The van der Waals surface area contributed by atoms with Crippen LogP contribution in [0.15, 0.2) is 53.4 Å².